The monoisotopic (exact) mass is 512 g/mol. The number of para-hydroxylation sites is 1. The van der Waals surface area contributed by atoms with E-state index >= 15 is 0 Å². The van der Waals surface area contributed by atoms with Gasteiger partial charge in [-0.1, -0.05) is 23.2 Å². The number of hydrogen-bond donors (Lipinski definition) is 2. The van der Waals surface area contributed by atoms with Crippen molar-refractivity contribution in [3.05, 3.63) is 66.6 Å². The fourth-order valence-corrected chi connectivity index (χ4v) is 4.49. The molecule has 0 atom stereocenters. The van der Waals surface area contributed by atoms with Gasteiger partial charge in [-0.15, -0.1) is 13.2 Å². The van der Waals surface area contributed by atoms with Gasteiger partial charge >= 0.3 is 6.36 Å². The number of nitrogens with zero attached hydrogens (tertiary/aromatic N) is 2. The molecule has 1 fully saturated rings. The number of aromatic amines is 2. The molecule has 0 unspecified atom stereocenters. The number of ether oxygens (including phenoxy) is 2. The molecule has 3 N–H and O–H groups in total. The number of amides is 1. The van der Waals surface area contributed by atoms with Gasteiger partial charge in [0.05, 0.1) is 13.1 Å². The third-order valence-corrected chi connectivity index (χ3v) is 6.28. The van der Waals surface area contributed by atoms with Gasteiger partial charge in [0.25, 0.3) is 0 Å². The first kappa shape index (κ1) is 24.4. The van der Waals surface area contributed by atoms with Gasteiger partial charge < -0.3 is 19.8 Å². The van der Waals surface area contributed by atoms with Crippen LogP contribution in [0.15, 0.2) is 61.1 Å². The number of aryl methyl sites for hydroxylation is 1. The fraction of sp³-hybridized carbons (Fsp3) is 0.269. The highest BCUT2D eigenvalue weighted by molar-refractivity contribution is 5.93. The molecule has 1 amide bonds. The first-order chi connectivity index (χ1) is 17.8. The first-order valence-electron chi connectivity index (χ1n) is 11.8. The van der Waals surface area contributed by atoms with Gasteiger partial charge in [0.2, 0.25) is 23.7 Å². The summed E-state index contributed by atoms with van der Waals surface area (Å²) < 4.78 is 48.4. The minimum absolute atomic E-state index is 0.157. The summed E-state index contributed by atoms with van der Waals surface area (Å²) in [4.78, 5) is 25.9. The summed E-state index contributed by atoms with van der Waals surface area (Å²) in [5.41, 5.74) is 2.21. The van der Waals surface area contributed by atoms with Gasteiger partial charge in [-0.05, 0) is 49.6 Å². The fourth-order valence-electron chi connectivity index (χ4n) is 4.49. The maximum absolute atomic E-state index is 13.0. The largest absolute Gasteiger partial charge is 0.573 e. The summed E-state index contributed by atoms with van der Waals surface area (Å²) in [7, 11) is 0. The minimum Gasteiger partial charge on any atom is -0.453 e. The van der Waals surface area contributed by atoms with Gasteiger partial charge in [0.15, 0.2) is 11.5 Å². The van der Waals surface area contributed by atoms with E-state index in [0.29, 0.717) is 37.4 Å². The van der Waals surface area contributed by atoms with Crippen molar-refractivity contribution in [3.8, 4) is 17.2 Å². The van der Waals surface area contributed by atoms with E-state index in [4.69, 9.17) is 4.74 Å². The summed E-state index contributed by atoms with van der Waals surface area (Å²) in [6.07, 6.45) is -0.0842. The predicted molar refractivity (Wildman–Crippen MR) is 131 cm³/mol. The molecule has 37 heavy (non-hydrogen) atoms. The molecule has 0 bridgehead atoms. The molecule has 0 aliphatic carbocycles. The first-order valence-corrected chi connectivity index (χ1v) is 11.8. The molecule has 11 heteroatoms. The number of H-pyrrole nitrogens is 2. The number of hydrogen-bond acceptors (Lipinski definition) is 5. The quantitative estimate of drug-likeness (QED) is 0.369. The Labute approximate surface area is 210 Å². The van der Waals surface area contributed by atoms with Gasteiger partial charge in [-0.25, -0.2) is 4.98 Å². The lowest BCUT2D eigenvalue weighted by Crippen LogP contribution is -2.40. The number of anilines is 2. The van der Waals surface area contributed by atoms with Crippen molar-refractivity contribution in [3.63, 3.8) is 0 Å². The number of carbonyl (C=O) groups excluding carboxylic acids is 1. The highest BCUT2D eigenvalue weighted by Crippen LogP contribution is 2.37. The molecule has 5 rings (SSSR count). The number of carbonyl (C=O) groups is 1. The highest BCUT2D eigenvalue weighted by Gasteiger charge is 2.33. The highest BCUT2D eigenvalue weighted by atomic mass is 19.4. The molecule has 1 aliphatic rings. The Morgan fingerprint density at radius 3 is 2.62 bits per heavy atom. The van der Waals surface area contributed by atoms with Crippen molar-refractivity contribution in [2.45, 2.75) is 26.1 Å². The van der Waals surface area contributed by atoms with Crippen LogP contribution in [0.25, 0.3) is 11.0 Å². The van der Waals surface area contributed by atoms with Crippen LogP contribution in [0.1, 0.15) is 18.4 Å². The summed E-state index contributed by atoms with van der Waals surface area (Å²) in [6, 6.07) is 12.2. The van der Waals surface area contributed by atoms with Crippen LogP contribution in [-0.4, -0.2) is 35.3 Å². The Hall–Kier alpha value is -4.28. The minimum atomic E-state index is -4.88. The van der Waals surface area contributed by atoms with Gasteiger partial charge in [-0.2, -0.15) is 0 Å². The molecule has 4 aromatic rings. The number of nitrogens with one attached hydrogen (secondary N) is 3. The van der Waals surface area contributed by atoms with Crippen LogP contribution in [-0.2, 0) is 4.79 Å². The van der Waals surface area contributed by atoms with Crippen LogP contribution < -0.4 is 24.7 Å². The van der Waals surface area contributed by atoms with Crippen LogP contribution >= 0.6 is 0 Å². The Kier molecular flexibility index (Phi) is 6.60. The molecular formula is C26H25F3N5O3+. The molecular weight excluding hydrogens is 487 g/mol. The van der Waals surface area contributed by atoms with E-state index in [9.17, 15) is 18.0 Å². The number of aromatic nitrogens is 3. The van der Waals surface area contributed by atoms with Crippen LogP contribution in [0.5, 0.6) is 17.2 Å². The van der Waals surface area contributed by atoms with Crippen molar-refractivity contribution in [2.24, 2.45) is 5.92 Å². The van der Waals surface area contributed by atoms with E-state index < -0.39 is 12.1 Å². The normalized spacial score (nSPS) is 14.5. The zero-order valence-electron chi connectivity index (χ0n) is 19.9. The molecule has 0 spiro atoms. The molecule has 1 aliphatic heterocycles. The van der Waals surface area contributed by atoms with E-state index in [0.717, 1.165) is 28.5 Å². The van der Waals surface area contributed by atoms with E-state index in [1.807, 2.05) is 13.1 Å². The molecule has 3 heterocycles. The van der Waals surface area contributed by atoms with E-state index in [1.165, 1.54) is 12.1 Å². The molecule has 192 valence electrons. The van der Waals surface area contributed by atoms with Crippen molar-refractivity contribution < 1.29 is 32.4 Å². The standard InChI is InChI=1S/C26H24F3N5O3/c1-16-14-30-23-22(16)24(32-15-31-23)34-11-9-17(10-12-34)25(35)33-18-7-8-20(37-26(27,28)29)21(13-18)36-19-5-3-2-4-6-19/h2-8,13-15,17H,9-12H2,1H3,(H,33,35)(H,30,31,32)/p+1. The van der Waals surface area contributed by atoms with Crippen LogP contribution in [0.2, 0.25) is 0 Å². The Bertz CT molecular complexity index is 1400. The van der Waals surface area contributed by atoms with Gasteiger partial charge in [0.1, 0.15) is 11.1 Å². The van der Waals surface area contributed by atoms with E-state index in [-0.39, 0.29) is 17.6 Å². The maximum atomic E-state index is 13.0. The van der Waals surface area contributed by atoms with Crippen molar-refractivity contribution >= 4 is 28.4 Å². The summed E-state index contributed by atoms with van der Waals surface area (Å²) in [6.45, 7) is 3.34. The smallest absolute Gasteiger partial charge is 0.453 e. The third-order valence-electron chi connectivity index (χ3n) is 6.28. The Morgan fingerprint density at radius 2 is 1.89 bits per heavy atom. The SMILES string of the molecule is Cc1c[nH]c2nc[nH+]c(N3CCC(C(=O)Nc4ccc(OC(F)(F)F)c(Oc5ccccc5)c4)CC3)c12. The molecule has 0 saturated carbocycles. The number of piperidine rings is 1. The molecule has 2 aromatic heterocycles. The Morgan fingerprint density at radius 1 is 1.14 bits per heavy atom. The zero-order chi connectivity index (χ0) is 26.0. The predicted octanol–water partition coefficient (Wildman–Crippen LogP) is 5.23. The number of fused-ring (bicyclic) bond motifs is 1. The maximum Gasteiger partial charge on any atom is 0.573 e. The number of halogens is 3. The van der Waals surface area contributed by atoms with Crippen molar-refractivity contribution in [1.29, 1.82) is 0 Å². The summed E-state index contributed by atoms with van der Waals surface area (Å²) in [5, 5.41) is 3.85. The van der Waals surface area contributed by atoms with Crippen molar-refractivity contribution in [1.82, 2.24) is 9.97 Å². The third kappa shape index (κ3) is 5.60. The van der Waals surface area contributed by atoms with Gasteiger partial charge in [-0.3, -0.25) is 9.69 Å². The summed E-state index contributed by atoms with van der Waals surface area (Å²) >= 11 is 0. The van der Waals surface area contributed by atoms with Gasteiger partial charge in [0, 0.05) is 23.9 Å². The lowest BCUT2D eigenvalue weighted by molar-refractivity contribution is -0.367. The zero-order valence-corrected chi connectivity index (χ0v) is 19.9. The van der Waals surface area contributed by atoms with Crippen LogP contribution in [0.4, 0.5) is 24.7 Å². The Balaban J connectivity index is 1.27. The second kappa shape index (κ2) is 10.00. The number of benzene rings is 2. The second-order valence-corrected chi connectivity index (χ2v) is 8.82. The lowest BCUT2D eigenvalue weighted by Gasteiger charge is -2.29. The topological polar surface area (TPSA) is 93.6 Å². The molecule has 8 nitrogen and oxygen atoms in total. The molecule has 2 aromatic carbocycles. The van der Waals surface area contributed by atoms with Crippen LogP contribution in [0, 0.1) is 12.8 Å². The summed E-state index contributed by atoms with van der Waals surface area (Å²) in [5.74, 6) is 0.204. The molecule has 0 radical (unpaired) electrons. The average Bonchev–Trinajstić information content (AvgIpc) is 3.26. The van der Waals surface area contributed by atoms with E-state index in [1.54, 1.807) is 36.7 Å². The number of rotatable bonds is 6. The lowest BCUT2D eigenvalue weighted by atomic mass is 9.95. The second-order valence-electron chi connectivity index (χ2n) is 8.82. The average molecular weight is 513 g/mol. The molecule has 1 saturated heterocycles. The number of alkyl halides is 3. The van der Waals surface area contributed by atoms with E-state index in [2.05, 4.69) is 29.9 Å². The van der Waals surface area contributed by atoms with Crippen molar-refractivity contribution in [2.75, 3.05) is 23.3 Å². The van der Waals surface area contributed by atoms with Crippen LogP contribution in [0.3, 0.4) is 0 Å².